The van der Waals surface area contributed by atoms with Crippen molar-refractivity contribution in [1.82, 2.24) is 5.43 Å². The van der Waals surface area contributed by atoms with E-state index in [-0.39, 0.29) is 5.11 Å². The molecular weight excluding hydrogens is 314 g/mol. The average Bonchev–Trinajstić information content (AvgIpc) is 2.56. The van der Waals surface area contributed by atoms with Gasteiger partial charge < -0.3 is 15.2 Å². The summed E-state index contributed by atoms with van der Waals surface area (Å²) < 4.78 is 10.3. The van der Waals surface area contributed by atoms with Gasteiger partial charge in [0.1, 0.15) is 11.5 Å². The van der Waals surface area contributed by atoms with E-state index < -0.39 is 5.97 Å². The van der Waals surface area contributed by atoms with Crippen LogP contribution in [0, 0.1) is 0 Å². The van der Waals surface area contributed by atoms with E-state index in [9.17, 15) is 4.79 Å². The molecule has 0 aliphatic rings. The molecule has 0 bridgehead atoms. The fraction of sp³-hybridized carbons (Fsp3) is 0.0625. The summed E-state index contributed by atoms with van der Waals surface area (Å²) in [4.78, 5) is 12.0. The zero-order chi connectivity index (χ0) is 16.7. The number of nitrogens with two attached hydrogens (primary N) is 1. The highest BCUT2D eigenvalue weighted by molar-refractivity contribution is 7.80. The third-order valence-electron chi connectivity index (χ3n) is 2.80. The number of nitrogens with one attached hydrogen (secondary N) is 1. The van der Waals surface area contributed by atoms with Gasteiger partial charge in [0.25, 0.3) is 0 Å². The van der Waals surface area contributed by atoms with Gasteiger partial charge in [-0.2, -0.15) is 5.10 Å². The maximum atomic E-state index is 12.0. The van der Waals surface area contributed by atoms with Gasteiger partial charge in [0.2, 0.25) is 0 Å². The normalized spacial score (nSPS) is 10.3. The van der Waals surface area contributed by atoms with Gasteiger partial charge in [-0.1, -0.05) is 0 Å². The molecule has 7 heteroatoms. The number of rotatable bonds is 5. The first kappa shape index (κ1) is 16.4. The van der Waals surface area contributed by atoms with E-state index in [0.717, 1.165) is 5.56 Å². The molecular formula is C16H15N3O3S. The Kier molecular flexibility index (Phi) is 5.65. The van der Waals surface area contributed by atoms with E-state index in [1.54, 1.807) is 61.9 Å². The van der Waals surface area contributed by atoms with Crippen LogP contribution in [0.4, 0.5) is 0 Å². The van der Waals surface area contributed by atoms with Crippen LogP contribution in [0.15, 0.2) is 53.6 Å². The monoisotopic (exact) mass is 329 g/mol. The summed E-state index contributed by atoms with van der Waals surface area (Å²) in [5.74, 6) is 0.672. The number of benzene rings is 2. The molecule has 0 aliphatic carbocycles. The maximum absolute atomic E-state index is 12.0. The summed E-state index contributed by atoms with van der Waals surface area (Å²) >= 11 is 4.63. The van der Waals surface area contributed by atoms with Gasteiger partial charge in [0.05, 0.1) is 18.9 Å². The van der Waals surface area contributed by atoms with Crippen molar-refractivity contribution >= 4 is 29.5 Å². The summed E-state index contributed by atoms with van der Waals surface area (Å²) in [5, 5.41) is 3.92. The number of ether oxygens (including phenoxy) is 2. The van der Waals surface area contributed by atoms with E-state index in [4.69, 9.17) is 15.2 Å². The largest absolute Gasteiger partial charge is 0.497 e. The van der Waals surface area contributed by atoms with Crippen LogP contribution in [0.3, 0.4) is 0 Å². The number of carbonyl (C=O) groups excluding carboxylic acids is 1. The first-order chi connectivity index (χ1) is 11.1. The second-order valence-corrected chi connectivity index (χ2v) is 4.86. The molecule has 0 fully saturated rings. The van der Waals surface area contributed by atoms with Crippen LogP contribution in [0.5, 0.6) is 11.5 Å². The Morgan fingerprint density at radius 2 is 1.74 bits per heavy atom. The first-order valence-electron chi connectivity index (χ1n) is 6.63. The maximum Gasteiger partial charge on any atom is 0.343 e. The molecule has 0 aliphatic heterocycles. The Hall–Kier alpha value is -2.93. The van der Waals surface area contributed by atoms with Gasteiger partial charge in [0.15, 0.2) is 5.11 Å². The SMILES string of the molecule is COc1ccc(C(=O)Oc2ccc(/C=N/NC(N)=S)cc2)cc1. The molecule has 2 aromatic carbocycles. The van der Waals surface area contributed by atoms with Crippen molar-refractivity contribution in [3.05, 3.63) is 59.7 Å². The lowest BCUT2D eigenvalue weighted by Gasteiger charge is -2.05. The molecule has 3 N–H and O–H groups in total. The van der Waals surface area contributed by atoms with Crippen LogP contribution in [0.25, 0.3) is 0 Å². The molecule has 6 nitrogen and oxygen atoms in total. The average molecular weight is 329 g/mol. The molecule has 0 radical (unpaired) electrons. The van der Waals surface area contributed by atoms with Crippen molar-refractivity contribution in [1.29, 1.82) is 0 Å². The Balaban J connectivity index is 1.98. The van der Waals surface area contributed by atoms with Crippen molar-refractivity contribution in [3.63, 3.8) is 0 Å². The van der Waals surface area contributed by atoms with Crippen molar-refractivity contribution in [2.45, 2.75) is 0 Å². The van der Waals surface area contributed by atoms with Crippen molar-refractivity contribution in [3.8, 4) is 11.5 Å². The summed E-state index contributed by atoms with van der Waals surface area (Å²) in [7, 11) is 1.56. The fourth-order valence-electron chi connectivity index (χ4n) is 1.69. The summed E-state index contributed by atoms with van der Waals surface area (Å²) in [5.41, 5.74) is 8.95. The Morgan fingerprint density at radius 3 is 2.30 bits per heavy atom. The summed E-state index contributed by atoms with van der Waals surface area (Å²) in [6.07, 6.45) is 1.55. The predicted octanol–water partition coefficient (Wildman–Crippen LogP) is 2.08. The molecule has 0 unspecified atom stereocenters. The van der Waals surface area contributed by atoms with Gasteiger partial charge in [-0.05, 0) is 66.3 Å². The highest BCUT2D eigenvalue weighted by atomic mass is 32.1. The number of hydrogen-bond donors (Lipinski definition) is 2. The highest BCUT2D eigenvalue weighted by Gasteiger charge is 2.08. The molecule has 0 atom stereocenters. The molecule has 0 spiro atoms. The number of carbonyl (C=O) groups is 1. The molecule has 23 heavy (non-hydrogen) atoms. The zero-order valence-corrected chi connectivity index (χ0v) is 13.2. The Bertz CT molecular complexity index is 712. The van der Waals surface area contributed by atoms with Crippen molar-refractivity contribution in [2.75, 3.05) is 7.11 Å². The van der Waals surface area contributed by atoms with Gasteiger partial charge in [-0.15, -0.1) is 0 Å². The van der Waals surface area contributed by atoms with E-state index in [1.165, 1.54) is 0 Å². The molecule has 0 amide bonds. The minimum absolute atomic E-state index is 0.0892. The van der Waals surface area contributed by atoms with E-state index in [1.807, 2.05) is 0 Å². The fourth-order valence-corrected chi connectivity index (χ4v) is 1.74. The lowest BCUT2D eigenvalue weighted by Crippen LogP contribution is -2.23. The lowest BCUT2D eigenvalue weighted by molar-refractivity contribution is 0.0734. The van der Waals surface area contributed by atoms with Crippen molar-refractivity contribution in [2.24, 2.45) is 10.8 Å². The Morgan fingerprint density at radius 1 is 1.13 bits per heavy atom. The smallest absolute Gasteiger partial charge is 0.343 e. The van der Waals surface area contributed by atoms with E-state index >= 15 is 0 Å². The summed E-state index contributed by atoms with van der Waals surface area (Å²) in [6, 6.07) is 13.5. The van der Waals surface area contributed by atoms with E-state index in [2.05, 4.69) is 22.7 Å². The third-order valence-corrected chi connectivity index (χ3v) is 2.90. The predicted molar refractivity (Wildman–Crippen MR) is 91.9 cm³/mol. The van der Waals surface area contributed by atoms with Crippen molar-refractivity contribution < 1.29 is 14.3 Å². The number of thiocarbonyl (C=S) groups is 1. The van der Waals surface area contributed by atoms with Crippen LogP contribution >= 0.6 is 12.2 Å². The molecule has 0 saturated heterocycles. The van der Waals surface area contributed by atoms with Gasteiger partial charge >= 0.3 is 5.97 Å². The zero-order valence-electron chi connectivity index (χ0n) is 12.4. The number of hydrazone groups is 1. The quantitative estimate of drug-likeness (QED) is 0.287. The topological polar surface area (TPSA) is 85.9 Å². The number of nitrogens with zero attached hydrogens (tertiary/aromatic N) is 1. The molecule has 2 rings (SSSR count). The minimum atomic E-state index is -0.441. The highest BCUT2D eigenvalue weighted by Crippen LogP contribution is 2.16. The van der Waals surface area contributed by atoms with Crippen LogP contribution in [0.1, 0.15) is 15.9 Å². The molecule has 118 valence electrons. The number of esters is 1. The van der Waals surface area contributed by atoms with Gasteiger partial charge in [0, 0.05) is 0 Å². The molecule has 0 saturated carbocycles. The minimum Gasteiger partial charge on any atom is -0.497 e. The second kappa shape index (κ2) is 7.90. The lowest BCUT2D eigenvalue weighted by atomic mass is 10.2. The van der Waals surface area contributed by atoms with Crippen LogP contribution in [0.2, 0.25) is 0 Å². The number of hydrogen-bond acceptors (Lipinski definition) is 5. The molecule has 2 aromatic rings. The molecule has 0 aromatic heterocycles. The van der Waals surface area contributed by atoms with Crippen LogP contribution in [-0.2, 0) is 0 Å². The van der Waals surface area contributed by atoms with Gasteiger partial charge in [-0.3, -0.25) is 5.43 Å². The molecule has 0 heterocycles. The van der Waals surface area contributed by atoms with Crippen LogP contribution < -0.4 is 20.6 Å². The summed E-state index contributed by atoms with van der Waals surface area (Å²) in [6.45, 7) is 0. The first-order valence-corrected chi connectivity index (χ1v) is 7.04. The third kappa shape index (κ3) is 5.08. The van der Waals surface area contributed by atoms with Crippen LogP contribution in [-0.4, -0.2) is 24.4 Å². The number of methoxy groups -OCH3 is 1. The van der Waals surface area contributed by atoms with Gasteiger partial charge in [-0.25, -0.2) is 4.79 Å². The second-order valence-electron chi connectivity index (χ2n) is 4.42. The van der Waals surface area contributed by atoms with E-state index in [0.29, 0.717) is 17.1 Å². The standard InChI is InChI=1S/C16H15N3O3S/c1-21-13-8-4-12(5-9-13)15(20)22-14-6-2-11(3-7-14)10-18-19-16(17)23/h2-10H,1H3,(H3,17,19,23)/b18-10+. The Labute approximate surface area is 138 Å².